The van der Waals surface area contributed by atoms with Crippen molar-refractivity contribution in [2.24, 2.45) is 0 Å². The Bertz CT molecular complexity index is 1160. The summed E-state index contributed by atoms with van der Waals surface area (Å²) < 4.78 is 7.58. The third-order valence-electron chi connectivity index (χ3n) is 4.34. The van der Waals surface area contributed by atoms with Crippen molar-refractivity contribution in [2.75, 3.05) is 0 Å². The Morgan fingerprint density at radius 3 is 2.52 bits per heavy atom. The van der Waals surface area contributed by atoms with Crippen LogP contribution in [-0.4, -0.2) is 14.8 Å². The minimum absolute atomic E-state index is 0.0321. The van der Waals surface area contributed by atoms with Gasteiger partial charge in [0.25, 0.3) is 0 Å². The highest BCUT2D eigenvalue weighted by Gasteiger charge is 2.17. The zero-order valence-electron chi connectivity index (χ0n) is 14.7. The zero-order chi connectivity index (χ0) is 17.8. The van der Waals surface area contributed by atoms with Gasteiger partial charge in [0.2, 0.25) is 11.1 Å². The van der Waals surface area contributed by atoms with Gasteiger partial charge in [-0.15, -0.1) is 0 Å². The highest BCUT2D eigenvalue weighted by molar-refractivity contribution is 5.88. The van der Waals surface area contributed by atoms with Crippen molar-refractivity contribution in [1.82, 2.24) is 14.8 Å². The zero-order valence-corrected chi connectivity index (χ0v) is 14.7. The normalized spacial score (nSPS) is 12.2. The number of aromatic nitrogens is 3. The van der Waals surface area contributed by atoms with Crippen LogP contribution in [-0.2, 0) is 5.41 Å². The summed E-state index contributed by atoms with van der Waals surface area (Å²) in [6.45, 7) is 8.28. The molecule has 0 saturated heterocycles. The molecule has 0 saturated carbocycles. The molecule has 0 radical (unpaired) electrons. The number of pyridine rings is 1. The fourth-order valence-electron chi connectivity index (χ4n) is 2.86. The molecule has 0 N–H and O–H groups in total. The van der Waals surface area contributed by atoms with Crippen LogP contribution in [0.15, 0.2) is 51.8 Å². The first-order valence-corrected chi connectivity index (χ1v) is 8.24. The van der Waals surface area contributed by atoms with Gasteiger partial charge in [-0.1, -0.05) is 26.8 Å². The molecule has 0 aliphatic rings. The van der Waals surface area contributed by atoms with E-state index >= 15 is 0 Å². The maximum atomic E-state index is 12.9. The monoisotopic (exact) mass is 333 g/mol. The summed E-state index contributed by atoms with van der Waals surface area (Å²) in [6, 6.07) is 11.2. The van der Waals surface area contributed by atoms with E-state index in [1.54, 1.807) is 16.8 Å². The summed E-state index contributed by atoms with van der Waals surface area (Å²) in [4.78, 5) is 17.4. The Balaban J connectivity index is 1.96. The topological polar surface area (TPSA) is 60.9 Å². The number of fused-ring (bicyclic) bond motifs is 2. The summed E-state index contributed by atoms with van der Waals surface area (Å²) in [5.74, 6) is 0.620. The molecule has 0 atom stereocenters. The first-order chi connectivity index (χ1) is 11.8. The first kappa shape index (κ1) is 15.6. The van der Waals surface area contributed by atoms with Crippen molar-refractivity contribution >= 4 is 22.1 Å². The molecule has 3 aromatic heterocycles. The largest absolute Gasteiger partial charge is 0.437 e. The van der Waals surface area contributed by atoms with Crippen molar-refractivity contribution < 1.29 is 4.42 Å². The molecule has 5 nitrogen and oxygen atoms in total. The highest BCUT2D eigenvalue weighted by Crippen LogP contribution is 2.26. The summed E-state index contributed by atoms with van der Waals surface area (Å²) in [7, 11) is 0. The van der Waals surface area contributed by atoms with E-state index in [9.17, 15) is 4.79 Å². The van der Waals surface area contributed by atoms with E-state index in [0.29, 0.717) is 27.9 Å². The second-order valence-corrected chi connectivity index (χ2v) is 7.32. The molecule has 126 valence electrons. The van der Waals surface area contributed by atoms with Gasteiger partial charge in [0, 0.05) is 6.20 Å². The van der Waals surface area contributed by atoms with Crippen LogP contribution in [0.2, 0.25) is 0 Å². The van der Waals surface area contributed by atoms with Gasteiger partial charge < -0.3 is 4.42 Å². The predicted molar refractivity (Wildman–Crippen MR) is 98.3 cm³/mol. The van der Waals surface area contributed by atoms with Crippen LogP contribution >= 0.6 is 0 Å². The van der Waals surface area contributed by atoms with Crippen molar-refractivity contribution in [3.8, 4) is 5.82 Å². The molecular formula is C20H19N3O2. The molecule has 5 heteroatoms. The second kappa shape index (κ2) is 5.28. The quantitative estimate of drug-likeness (QED) is 0.491. The Labute approximate surface area is 144 Å². The lowest BCUT2D eigenvalue weighted by Crippen LogP contribution is -2.12. The highest BCUT2D eigenvalue weighted by atomic mass is 16.3. The second-order valence-electron chi connectivity index (χ2n) is 7.32. The minimum atomic E-state index is -0.0574. The number of hydrogen-bond donors (Lipinski definition) is 0. The molecule has 4 rings (SSSR count). The third-order valence-corrected chi connectivity index (χ3v) is 4.34. The molecule has 3 heterocycles. The lowest BCUT2D eigenvalue weighted by Gasteiger charge is -2.19. The molecule has 0 fully saturated rings. The Morgan fingerprint density at radius 1 is 1.04 bits per heavy atom. The summed E-state index contributed by atoms with van der Waals surface area (Å²) in [5, 5.41) is 5.41. The van der Waals surface area contributed by atoms with E-state index in [4.69, 9.17) is 4.42 Å². The van der Waals surface area contributed by atoms with Gasteiger partial charge >= 0.3 is 0 Å². The Kier molecular flexibility index (Phi) is 3.29. The van der Waals surface area contributed by atoms with Crippen LogP contribution in [0.3, 0.4) is 0 Å². The van der Waals surface area contributed by atoms with Gasteiger partial charge in [0.15, 0.2) is 5.82 Å². The van der Waals surface area contributed by atoms with Crippen molar-refractivity contribution in [2.45, 2.75) is 33.1 Å². The fourth-order valence-corrected chi connectivity index (χ4v) is 2.86. The Hall–Kier alpha value is -2.95. The summed E-state index contributed by atoms with van der Waals surface area (Å²) in [5.41, 5.74) is 2.78. The lowest BCUT2D eigenvalue weighted by molar-refractivity contribution is 0.589. The Morgan fingerprint density at radius 2 is 1.84 bits per heavy atom. The van der Waals surface area contributed by atoms with Crippen LogP contribution in [0.1, 0.15) is 32.0 Å². The average molecular weight is 333 g/mol. The maximum Gasteiger partial charge on any atom is 0.232 e. The number of benzene rings is 1. The predicted octanol–water partition coefficient (Wildman–Crippen LogP) is 4.13. The molecular weight excluding hydrogens is 314 g/mol. The van der Waals surface area contributed by atoms with E-state index < -0.39 is 0 Å². The lowest BCUT2D eigenvalue weighted by atomic mass is 9.86. The fraction of sp³-hybridized carbons (Fsp3) is 0.250. The van der Waals surface area contributed by atoms with Crippen LogP contribution < -0.4 is 5.43 Å². The first-order valence-electron chi connectivity index (χ1n) is 8.24. The number of aryl methyl sites for hydroxylation is 1. The standard InChI is InChI=1S/C20H19N3O2/c1-12-9-10-23(22-12)17-8-6-14-18(24)15-11-13(20(2,3)4)5-7-16(15)25-19(14)21-17/h5-11H,1-4H3. The molecule has 0 bridgehead atoms. The van der Waals surface area contributed by atoms with Crippen LogP contribution in [0.4, 0.5) is 0 Å². The molecule has 25 heavy (non-hydrogen) atoms. The molecule has 1 aromatic carbocycles. The average Bonchev–Trinajstić information content (AvgIpc) is 3.00. The SMILES string of the molecule is Cc1ccn(-c2ccc3c(=O)c4cc(C(C)(C)C)ccc4oc3n2)n1. The van der Waals surface area contributed by atoms with E-state index in [1.807, 2.05) is 37.4 Å². The van der Waals surface area contributed by atoms with Crippen LogP contribution in [0, 0.1) is 6.92 Å². The number of hydrogen-bond acceptors (Lipinski definition) is 4. The maximum absolute atomic E-state index is 12.9. The van der Waals surface area contributed by atoms with E-state index in [0.717, 1.165) is 11.3 Å². The van der Waals surface area contributed by atoms with Crippen molar-refractivity contribution in [1.29, 1.82) is 0 Å². The van der Waals surface area contributed by atoms with Crippen molar-refractivity contribution in [3.63, 3.8) is 0 Å². The smallest absolute Gasteiger partial charge is 0.232 e. The van der Waals surface area contributed by atoms with E-state index in [1.165, 1.54) is 0 Å². The van der Waals surface area contributed by atoms with E-state index in [-0.39, 0.29) is 10.8 Å². The molecule has 0 unspecified atom stereocenters. The van der Waals surface area contributed by atoms with Gasteiger partial charge in [-0.05, 0) is 48.2 Å². The molecule has 0 spiro atoms. The number of rotatable bonds is 1. The van der Waals surface area contributed by atoms with Crippen LogP contribution in [0.25, 0.3) is 27.9 Å². The van der Waals surface area contributed by atoms with Gasteiger partial charge in [0.05, 0.1) is 16.5 Å². The van der Waals surface area contributed by atoms with Gasteiger partial charge in [0.1, 0.15) is 5.58 Å². The van der Waals surface area contributed by atoms with E-state index in [2.05, 4.69) is 30.9 Å². The third kappa shape index (κ3) is 2.61. The molecule has 4 aromatic rings. The van der Waals surface area contributed by atoms with Gasteiger partial charge in [-0.2, -0.15) is 10.1 Å². The minimum Gasteiger partial charge on any atom is -0.437 e. The van der Waals surface area contributed by atoms with Crippen LogP contribution in [0.5, 0.6) is 0 Å². The van der Waals surface area contributed by atoms with Crippen molar-refractivity contribution in [3.05, 3.63) is 64.1 Å². The molecule has 0 aliphatic heterocycles. The molecule has 0 aliphatic carbocycles. The molecule has 0 amide bonds. The van der Waals surface area contributed by atoms with Gasteiger partial charge in [-0.3, -0.25) is 4.79 Å². The number of nitrogens with zero attached hydrogens (tertiary/aromatic N) is 3. The summed E-state index contributed by atoms with van der Waals surface area (Å²) in [6.07, 6.45) is 1.83. The summed E-state index contributed by atoms with van der Waals surface area (Å²) >= 11 is 0. The van der Waals surface area contributed by atoms with Gasteiger partial charge in [-0.25, -0.2) is 4.68 Å².